The highest BCUT2D eigenvalue weighted by atomic mass is 19.1. The minimum absolute atomic E-state index is 0.0325. The maximum absolute atomic E-state index is 12.7. The molecule has 0 bridgehead atoms. The predicted molar refractivity (Wildman–Crippen MR) is 77.3 cm³/mol. The molecule has 0 heterocycles. The topological polar surface area (TPSA) is 43.4 Å². The SMILES string of the molecule is O=Cc1ccc(OCCCC(=O)c2ccc(F)cc2)cc1. The number of carbonyl (C=O) groups is 2. The number of hydrogen-bond donors (Lipinski definition) is 0. The second-order valence-corrected chi connectivity index (χ2v) is 4.57. The first-order valence-electron chi connectivity index (χ1n) is 6.66. The molecule has 0 aromatic heterocycles. The van der Waals surface area contributed by atoms with Crippen LogP contribution in [-0.4, -0.2) is 18.7 Å². The van der Waals surface area contributed by atoms with Gasteiger partial charge in [-0.25, -0.2) is 4.39 Å². The first kappa shape index (κ1) is 14.9. The van der Waals surface area contributed by atoms with Crippen molar-refractivity contribution < 1.29 is 18.7 Å². The fourth-order valence-electron chi connectivity index (χ4n) is 1.85. The molecule has 2 aromatic rings. The Morgan fingerprint density at radius 1 is 1.05 bits per heavy atom. The van der Waals surface area contributed by atoms with Crippen LogP contribution in [-0.2, 0) is 0 Å². The molecular weight excluding hydrogens is 271 g/mol. The molecule has 4 heteroatoms. The van der Waals surface area contributed by atoms with E-state index in [0.717, 1.165) is 6.29 Å². The molecule has 0 N–H and O–H groups in total. The Balaban J connectivity index is 1.74. The highest BCUT2D eigenvalue weighted by molar-refractivity contribution is 5.95. The smallest absolute Gasteiger partial charge is 0.163 e. The van der Waals surface area contributed by atoms with E-state index in [-0.39, 0.29) is 11.6 Å². The third-order valence-electron chi connectivity index (χ3n) is 3.00. The van der Waals surface area contributed by atoms with Crippen LogP contribution in [0.1, 0.15) is 33.6 Å². The molecule has 0 atom stereocenters. The first-order chi connectivity index (χ1) is 10.2. The summed E-state index contributed by atoms with van der Waals surface area (Å²) >= 11 is 0. The minimum atomic E-state index is -0.353. The molecule has 0 saturated heterocycles. The second-order valence-electron chi connectivity index (χ2n) is 4.57. The molecule has 0 saturated carbocycles. The van der Waals surface area contributed by atoms with Gasteiger partial charge >= 0.3 is 0 Å². The Hall–Kier alpha value is -2.49. The molecular formula is C17H15FO3. The summed E-state index contributed by atoms with van der Waals surface area (Å²) in [6.07, 6.45) is 1.69. The van der Waals surface area contributed by atoms with Crippen molar-refractivity contribution in [2.45, 2.75) is 12.8 Å². The van der Waals surface area contributed by atoms with Crippen molar-refractivity contribution in [2.75, 3.05) is 6.61 Å². The normalized spacial score (nSPS) is 10.1. The van der Waals surface area contributed by atoms with E-state index in [1.807, 2.05) is 0 Å². The van der Waals surface area contributed by atoms with Gasteiger partial charge < -0.3 is 4.74 Å². The van der Waals surface area contributed by atoms with Crippen molar-refractivity contribution in [3.05, 3.63) is 65.5 Å². The van der Waals surface area contributed by atoms with Gasteiger partial charge in [-0.3, -0.25) is 9.59 Å². The highest BCUT2D eigenvalue weighted by Gasteiger charge is 2.05. The van der Waals surface area contributed by atoms with Gasteiger partial charge in [0.15, 0.2) is 5.78 Å². The van der Waals surface area contributed by atoms with Crippen LogP contribution in [0.5, 0.6) is 5.75 Å². The zero-order chi connectivity index (χ0) is 15.1. The average molecular weight is 286 g/mol. The van der Waals surface area contributed by atoms with Gasteiger partial charge in [0.25, 0.3) is 0 Å². The molecule has 108 valence electrons. The molecule has 0 spiro atoms. The van der Waals surface area contributed by atoms with Gasteiger partial charge in [-0.1, -0.05) is 0 Å². The number of Topliss-reactive ketones (excluding diaryl/α,β-unsaturated/α-hetero) is 1. The number of carbonyl (C=O) groups excluding carboxylic acids is 2. The molecule has 21 heavy (non-hydrogen) atoms. The van der Waals surface area contributed by atoms with Crippen molar-refractivity contribution in [2.24, 2.45) is 0 Å². The van der Waals surface area contributed by atoms with Crippen LogP contribution >= 0.6 is 0 Å². The molecule has 2 rings (SSSR count). The maximum atomic E-state index is 12.7. The molecule has 0 radical (unpaired) electrons. The molecule has 0 amide bonds. The summed E-state index contributed by atoms with van der Waals surface area (Å²) in [6, 6.07) is 12.3. The number of hydrogen-bond acceptors (Lipinski definition) is 3. The van der Waals surface area contributed by atoms with Crippen LogP contribution in [0.3, 0.4) is 0 Å². The molecule has 0 unspecified atom stereocenters. The van der Waals surface area contributed by atoms with Crippen LogP contribution in [0.25, 0.3) is 0 Å². The summed E-state index contributed by atoms with van der Waals surface area (Å²) in [7, 11) is 0. The lowest BCUT2D eigenvalue weighted by Crippen LogP contribution is -2.04. The number of benzene rings is 2. The van der Waals surface area contributed by atoms with E-state index in [0.29, 0.717) is 36.3 Å². The Labute approximate surface area is 122 Å². The Bertz CT molecular complexity index is 603. The lowest BCUT2D eigenvalue weighted by molar-refractivity contribution is 0.0973. The van der Waals surface area contributed by atoms with Gasteiger partial charge in [0.1, 0.15) is 17.9 Å². The quantitative estimate of drug-likeness (QED) is 0.443. The molecule has 0 aliphatic heterocycles. The van der Waals surface area contributed by atoms with Gasteiger partial charge in [0.2, 0.25) is 0 Å². The summed E-state index contributed by atoms with van der Waals surface area (Å²) in [5.74, 6) is 0.276. The van der Waals surface area contributed by atoms with Crippen molar-refractivity contribution in [1.82, 2.24) is 0 Å². The van der Waals surface area contributed by atoms with Gasteiger partial charge in [0.05, 0.1) is 6.61 Å². The molecule has 3 nitrogen and oxygen atoms in total. The third-order valence-corrected chi connectivity index (χ3v) is 3.00. The Kier molecular flexibility index (Phi) is 5.21. The van der Waals surface area contributed by atoms with Crippen molar-refractivity contribution in [3.8, 4) is 5.75 Å². The maximum Gasteiger partial charge on any atom is 0.163 e. The average Bonchev–Trinajstić information content (AvgIpc) is 2.52. The summed E-state index contributed by atoms with van der Waals surface area (Å²) in [4.78, 5) is 22.3. The third kappa shape index (κ3) is 4.53. The van der Waals surface area contributed by atoms with E-state index >= 15 is 0 Å². The molecule has 2 aromatic carbocycles. The number of ether oxygens (including phenoxy) is 1. The lowest BCUT2D eigenvalue weighted by atomic mass is 10.1. The largest absolute Gasteiger partial charge is 0.494 e. The number of ketones is 1. The van der Waals surface area contributed by atoms with E-state index in [1.165, 1.54) is 24.3 Å². The van der Waals surface area contributed by atoms with Crippen LogP contribution in [0.15, 0.2) is 48.5 Å². The highest BCUT2D eigenvalue weighted by Crippen LogP contribution is 2.12. The van der Waals surface area contributed by atoms with Gasteiger partial charge in [-0.2, -0.15) is 0 Å². The summed E-state index contributed by atoms with van der Waals surface area (Å²) in [5.41, 5.74) is 1.10. The fraction of sp³-hybridized carbons (Fsp3) is 0.176. The van der Waals surface area contributed by atoms with Gasteiger partial charge in [-0.15, -0.1) is 0 Å². The van der Waals surface area contributed by atoms with E-state index in [4.69, 9.17) is 4.74 Å². The predicted octanol–water partition coefficient (Wildman–Crippen LogP) is 3.68. The summed E-state index contributed by atoms with van der Waals surface area (Å²) in [6.45, 7) is 0.410. The van der Waals surface area contributed by atoms with E-state index in [2.05, 4.69) is 0 Å². The molecule has 0 aliphatic carbocycles. The van der Waals surface area contributed by atoms with E-state index < -0.39 is 0 Å². The monoisotopic (exact) mass is 286 g/mol. The summed E-state index contributed by atoms with van der Waals surface area (Å²) < 4.78 is 18.2. The first-order valence-corrected chi connectivity index (χ1v) is 6.66. The molecule has 0 aliphatic rings. The lowest BCUT2D eigenvalue weighted by Gasteiger charge is -2.06. The minimum Gasteiger partial charge on any atom is -0.494 e. The zero-order valence-corrected chi connectivity index (χ0v) is 11.4. The van der Waals surface area contributed by atoms with Crippen LogP contribution in [0.4, 0.5) is 4.39 Å². The second kappa shape index (κ2) is 7.33. The van der Waals surface area contributed by atoms with Crippen molar-refractivity contribution in [1.29, 1.82) is 0 Å². The van der Waals surface area contributed by atoms with Crippen LogP contribution in [0, 0.1) is 5.82 Å². The summed E-state index contributed by atoms with van der Waals surface area (Å²) in [5, 5.41) is 0. The van der Waals surface area contributed by atoms with Crippen LogP contribution in [0.2, 0.25) is 0 Å². The number of rotatable bonds is 7. The fourth-order valence-corrected chi connectivity index (χ4v) is 1.85. The Morgan fingerprint density at radius 2 is 1.71 bits per heavy atom. The Morgan fingerprint density at radius 3 is 2.33 bits per heavy atom. The number of halogens is 1. The van der Waals surface area contributed by atoms with Crippen LogP contribution < -0.4 is 4.74 Å². The van der Waals surface area contributed by atoms with Crippen molar-refractivity contribution >= 4 is 12.1 Å². The van der Waals surface area contributed by atoms with Crippen molar-refractivity contribution in [3.63, 3.8) is 0 Å². The van der Waals surface area contributed by atoms with Gasteiger partial charge in [0, 0.05) is 17.5 Å². The number of aldehydes is 1. The van der Waals surface area contributed by atoms with E-state index in [9.17, 15) is 14.0 Å². The zero-order valence-electron chi connectivity index (χ0n) is 11.4. The van der Waals surface area contributed by atoms with E-state index in [1.54, 1.807) is 24.3 Å². The van der Waals surface area contributed by atoms with Gasteiger partial charge in [-0.05, 0) is 55.0 Å². The molecule has 0 fully saturated rings. The standard InChI is InChI=1S/C17H15FO3/c18-15-7-5-14(6-8-15)17(20)2-1-11-21-16-9-3-13(12-19)4-10-16/h3-10,12H,1-2,11H2.